The molecule has 100 valence electrons. The summed E-state index contributed by atoms with van der Waals surface area (Å²) >= 11 is 6.37. The largest absolute Gasteiger partial charge is 0.293 e. The molecule has 0 fully saturated rings. The molecule has 0 saturated carbocycles. The molecule has 0 radical (unpaired) electrons. The molecule has 1 aliphatic carbocycles. The highest BCUT2D eigenvalue weighted by molar-refractivity contribution is 6.29. The van der Waals surface area contributed by atoms with Gasteiger partial charge in [-0.15, -0.1) is 0 Å². The van der Waals surface area contributed by atoms with Crippen molar-refractivity contribution in [2.75, 3.05) is 13.1 Å². The van der Waals surface area contributed by atoms with Crippen molar-refractivity contribution in [1.29, 1.82) is 0 Å². The quantitative estimate of drug-likeness (QED) is 0.732. The van der Waals surface area contributed by atoms with Crippen LogP contribution in [0.3, 0.4) is 0 Å². The van der Waals surface area contributed by atoms with E-state index in [-0.39, 0.29) is 0 Å². The van der Waals surface area contributed by atoms with Crippen LogP contribution in [0.5, 0.6) is 0 Å². The summed E-state index contributed by atoms with van der Waals surface area (Å²) in [6.07, 6.45) is 16.0. The Labute approximate surface area is 119 Å². The lowest BCUT2D eigenvalue weighted by atomic mass is 9.75. The van der Waals surface area contributed by atoms with Crippen LogP contribution in [0, 0.1) is 17.8 Å². The SMILES string of the molecule is ClC1=CC([C@H]2C=CC=NC2)CC(C2=CCCN=C2)C1. The lowest BCUT2D eigenvalue weighted by molar-refractivity contribution is 0.374. The van der Waals surface area contributed by atoms with Crippen LogP contribution in [0.4, 0.5) is 0 Å². The van der Waals surface area contributed by atoms with Gasteiger partial charge in [-0.25, -0.2) is 0 Å². The first-order valence-corrected chi connectivity index (χ1v) is 7.43. The minimum Gasteiger partial charge on any atom is -0.293 e. The number of dihydropyridines is 2. The van der Waals surface area contributed by atoms with E-state index < -0.39 is 0 Å². The Morgan fingerprint density at radius 1 is 1.21 bits per heavy atom. The molecule has 0 amide bonds. The second-order valence-electron chi connectivity index (χ2n) is 5.51. The zero-order valence-electron chi connectivity index (χ0n) is 11.0. The third-order valence-corrected chi connectivity index (χ3v) is 4.44. The fourth-order valence-electron chi connectivity index (χ4n) is 3.14. The molecule has 0 aromatic heterocycles. The molecule has 0 spiro atoms. The van der Waals surface area contributed by atoms with Crippen molar-refractivity contribution < 1.29 is 0 Å². The average molecular weight is 275 g/mol. The first kappa shape index (κ1) is 12.9. The first-order valence-electron chi connectivity index (χ1n) is 7.05. The van der Waals surface area contributed by atoms with Gasteiger partial charge in [0.2, 0.25) is 0 Å². The molecule has 2 nitrogen and oxygen atoms in total. The standard InChI is InChI=1S/C16H19ClN2/c17-16-8-14(12-3-1-5-18-10-12)7-15(9-16)13-4-2-6-19-11-13/h1,3-5,8,11-12,14-15H,2,6-7,9-10H2/t12-,14?,15?/m0/s1. The maximum absolute atomic E-state index is 6.37. The third kappa shape index (κ3) is 3.06. The van der Waals surface area contributed by atoms with Crippen molar-refractivity contribution in [3.8, 4) is 0 Å². The van der Waals surface area contributed by atoms with Gasteiger partial charge in [0.25, 0.3) is 0 Å². The predicted molar refractivity (Wildman–Crippen MR) is 82.2 cm³/mol. The van der Waals surface area contributed by atoms with E-state index in [0.29, 0.717) is 17.8 Å². The van der Waals surface area contributed by atoms with Gasteiger partial charge in [-0.3, -0.25) is 9.98 Å². The number of hydrogen-bond donors (Lipinski definition) is 0. The van der Waals surface area contributed by atoms with Crippen molar-refractivity contribution >= 4 is 24.0 Å². The Morgan fingerprint density at radius 3 is 2.89 bits per heavy atom. The summed E-state index contributed by atoms with van der Waals surface area (Å²) in [7, 11) is 0. The molecular weight excluding hydrogens is 256 g/mol. The number of rotatable bonds is 2. The van der Waals surface area contributed by atoms with E-state index >= 15 is 0 Å². The van der Waals surface area contributed by atoms with Crippen LogP contribution < -0.4 is 0 Å². The van der Waals surface area contributed by atoms with Gasteiger partial charge in [0.15, 0.2) is 0 Å². The maximum atomic E-state index is 6.37. The molecule has 0 aromatic carbocycles. The maximum Gasteiger partial charge on any atom is 0.0457 e. The molecule has 0 bridgehead atoms. The second-order valence-corrected chi connectivity index (χ2v) is 5.99. The van der Waals surface area contributed by atoms with Gasteiger partial charge in [0.1, 0.15) is 0 Å². The summed E-state index contributed by atoms with van der Waals surface area (Å²) in [5.74, 6) is 1.55. The monoisotopic (exact) mass is 274 g/mol. The molecule has 3 rings (SSSR count). The number of nitrogens with zero attached hydrogens (tertiary/aromatic N) is 2. The third-order valence-electron chi connectivity index (χ3n) is 4.16. The van der Waals surface area contributed by atoms with Crippen LogP contribution in [-0.4, -0.2) is 25.5 Å². The van der Waals surface area contributed by atoms with E-state index in [1.54, 1.807) is 0 Å². The molecular formula is C16H19ClN2. The van der Waals surface area contributed by atoms with Crippen LogP contribution in [-0.2, 0) is 0 Å². The molecule has 19 heavy (non-hydrogen) atoms. The Morgan fingerprint density at radius 2 is 2.16 bits per heavy atom. The summed E-state index contributed by atoms with van der Waals surface area (Å²) in [5.41, 5.74) is 1.38. The summed E-state index contributed by atoms with van der Waals surface area (Å²) in [5, 5.41) is 1.00. The fourth-order valence-corrected chi connectivity index (χ4v) is 3.49. The summed E-state index contributed by atoms with van der Waals surface area (Å²) in [6, 6.07) is 0. The van der Waals surface area contributed by atoms with Crippen molar-refractivity contribution in [2.24, 2.45) is 27.7 Å². The minimum atomic E-state index is 0.502. The van der Waals surface area contributed by atoms with Crippen LogP contribution >= 0.6 is 11.6 Å². The van der Waals surface area contributed by atoms with Gasteiger partial charge in [-0.1, -0.05) is 29.8 Å². The van der Waals surface area contributed by atoms with E-state index in [1.165, 1.54) is 12.0 Å². The highest BCUT2D eigenvalue weighted by Gasteiger charge is 2.28. The fraction of sp³-hybridized carbons (Fsp3) is 0.500. The summed E-state index contributed by atoms with van der Waals surface area (Å²) in [4.78, 5) is 8.77. The van der Waals surface area contributed by atoms with Crippen molar-refractivity contribution in [3.63, 3.8) is 0 Å². The first-order chi connectivity index (χ1) is 9.33. The van der Waals surface area contributed by atoms with Crippen LogP contribution in [0.1, 0.15) is 19.3 Å². The lowest BCUT2D eigenvalue weighted by Crippen LogP contribution is -2.24. The van der Waals surface area contributed by atoms with Gasteiger partial charge in [-0.2, -0.15) is 0 Å². The number of hydrogen-bond acceptors (Lipinski definition) is 2. The molecule has 2 heterocycles. The van der Waals surface area contributed by atoms with E-state index in [9.17, 15) is 0 Å². The number of aliphatic imine (C=N–C) groups is 2. The predicted octanol–water partition coefficient (Wildman–Crippen LogP) is 3.79. The van der Waals surface area contributed by atoms with Gasteiger partial charge >= 0.3 is 0 Å². The Bertz CT molecular complexity index is 485. The highest BCUT2D eigenvalue weighted by Crippen LogP contribution is 2.38. The van der Waals surface area contributed by atoms with E-state index in [4.69, 9.17) is 11.6 Å². The summed E-state index contributed by atoms with van der Waals surface area (Å²) < 4.78 is 0. The normalized spacial score (nSPS) is 34.1. The van der Waals surface area contributed by atoms with Crippen molar-refractivity contribution in [1.82, 2.24) is 0 Å². The lowest BCUT2D eigenvalue weighted by Gasteiger charge is -2.32. The van der Waals surface area contributed by atoms with Crippen LogP contribution in [0.2, 0.25) is 0 Å². The van der Waals surface area contributed by atoms with E-state index in [2.05, 4.69) is 40.5 Å². The molecule has 0 N–H and O–H groups in total. The van der Waals surface area contributed by atoms with Crippen LogP contribution in [0.25, 0.3) is 0 Å². The van der Waals surface area contributed by atoms with Gasteiger partial charge in [0.05, 0.1) is 0 Å². The molecule has 2 aliphatic heterocycles. The average Bonchev–Trinajstić information content (AvgIpc) is 2.48. The van der Waals surface area contributed by atoms with Crippen molar-refractivity contribution in [3.05, 3.63) is 34.9 Å². The zero-order chi connectivity index (χ0) is 13.1. The van der Waals surface area contributed by atoms with Gasteiger partial charge in [-0.05, 0) is 42.7 Å². The van der Waals surface area contributed by atoms with E-state index in [1.807, 2.05) is 6.21 Å². The number of allylic oxidation sites excluding steroid dienone is 4. The smallest absolute Gasteiger partial charge is 0.0457 e. The minimum absolute atomic E-state index is 0.502. The highest BCUT2D eigenvalue weighted by atomic mass is 35.5. The van der Waals surface area contributed by atoms with Gasteiger partial charge in [0, 0.05) is 36.5 Å². The Balaban J connectivity index is 1.74. The van der Waals surface area contributed by atoms with Crippen molar-refractivity contribution in [2.45, 2.75) is 19.3 Å². The second kappa shape index (κ2) is 5.87. The Kier molecular flexibility index (Phi) is 3.97. The molecule has 0 saturated heterocycles. The molecule has 3 atom stereocenters. The number of halogens is 1. The van der Waals surface area contributed by atoms with Gasteiger partial charge < -0.3 is 0 Å². The molecule has 2 unspecified atom stereocenters. The topological polar surface area (TPSA) is 24.7 Å². The molecule has 3 aliphatic rings. The zero-order valence-corrected chi connectivity index (χ0v) is 11.8. The van der Waals surface area contributed by atoms with E-state index in [0.717, 1.165) is 31.0 Å². The molecule has 0 aromatic rings. The molecule has 3 heteroatoms. The Hall–Kier alpha value is -1.15. The summed E-state index contributed by atoms with van der Waals surface area (Å²) in [6.45, 7) is 1.82. The van der Waals surface area contributed by atoms with Crippen LogP contribution in [0.15, 0.2) is 44.9 Å².